The minimum absolute atomic E-state index is 0.0902. The number of rotatable bonds is 3. The third-order valence-corrected chi connectivity index (χ3v) is 5.66. The van der Waals surface area contributed by atoms with Gasteiger partial charge in [-0.3, -0.25) is 4.79 Å². The van der Waals surface area contributed by atoms with E-state index < -0.39 is 0 Å². The molecule has 1 amide bonds. The Morgan fingerprint density at radius 3 is 2.87 bits per heavy atom. The molecule has 1 N–H and O–H groups in total. The van der Waals surface area contributed by atoms with E-state index in [0.29, 0.717) is 11.6 Å². The zero-order valence-electron chi connectivity index (χ0n) is 17.3. The molecular weight excluding hydrogens is 378 g/mol. The number of benzene rings is 1. The lowest BCUT2D eigenvalue weighted by molar-refractivity contribution is 0.101. The Morgan fingerprint density at radius 2 is 2.00 bits per heavy atom. The Morgan fingerprint density at radius 1 is 1.17 bits per heavy atom. The number of anilines is 1. The molecule has 30 heavy (non-hydrogen) atoms. The predicted molar refractivity (Wildman–Crippen MR) is 113 cm³/mol. The average Bonchev–Trinajstić information content (AvgIpc) is 3.32. The number of aromatic nitrogens is 6. The summed E-state index contributed by atoms with van der Waals surface area (Å²) in [6.07, 6.45) is 4.94. The summed E-state index contributed by atoms with van der Waals surface area (Å²) in [5.74, 6) is 0.824. The highest BCUT2D eigenvalue weighted by atomic mass is 16.2. The second-order valence-electron chi connectivity index (χ2n) is 7.87. The highest BCUT2D eigenvalue weighted by Gasteiger charge is 2.26. The van der Waals surface area contributed by atoms with Crippen molar-refractivity contribution in [2.45, 2.75) is 46.1 Å². The first kappa shape index (κ1) is 18.5. The van der Waals surface area contributed by atoms with Crippen LogP contribution in [0.2, 0.25) is 0 Å². The van der Waals surface area contributed by atoms with Gasteiger partial charge in [0.15, 0.2) is 0 Å². The molecule has 0 fully saturated rings. The number of amides is 1. The van der Waals surface area contributed by atoms with E-state index in [0.717, 1.165) is 36.2 Å². The normalized spacial score (nSPS) is 15.9. The number of fused-ring (bicyclic) bond motifs is 2. The number of carbonyl (C=O) groups excluding carboxylic acids is 1. The molecule has 0 bridgehead atoms. The molecule has 0 saturated carbocycles. The number of hydrogen-bond donors (Lipinski definition) is 1. The van der Waals surface area contributed by atoms with Gasteiger partial charge in [-0.25, -0.2) is 14.2 Å². The number of carbonyl (C=O) groups is 1. The van der Waals surface area contributed by atoms with E-state index >= 15 is 0 Å². The van der Waals surface area contributed by atoms with E-state index in [1.165, 1.54) is 11.1 Å². The van der Waals surface area contributed by atoms with Crippen LogP contribution in [0.5, 0.6) is 0 Å². The Balaban J connectivity index is 1.49. The highest BCUT2D eigenvalue weighted by molar-refractivity contribution is 6.01. The summed E-state index contributed by atoms with van der Waals surface area (Å²) >= 11 is 0. The van der Waals surface area contributed by atoms with Crippen LogP contribution in [0.25, 0.3) is 5.78 Å². The van der Waals surface area contributed by atoms with Crippen LogP contribution in [0.1, 0.15) is 57.6 Å². The summed E-state index contributed by atoms with van der Waals surface area (Å²) < 4.78 is 3.51. The minimum Gasteiger partial charge on any atom is -0.304 e. The van der Waals surface area contributed by atoms with E-state index in [9.17, 15) is 4.79 Å². The van der Waals surface area contributed by atoms with E-state index in [2.05, 4.69) is 49.7 Å². The molecule has 8 heteroatoms. The van der Waals surface area contributed by atoms with Gasteiger partial charge in [0.1, 0.15) is 5.82 Å². The fourth-order valence-electron chi connectivity index (χ4n) is 4.25. The zero-order valence-corrected chi connectivity index (χ0v) is 17.3. The smallest absolute Gasteiger partial charge is 0.296 e. The molecule has 1 unspecified atom stereocenters. The topological polar surface area (TPSA) is 90.0 Å². The summed E-state index contributed by atoms with van der Waals surface area (Å²) in [5, 5.41) is 11.9. The van der Waals surface area contributed by atoms with Crippen molar-refractivity contribution in [3.8, 4) is 0 Å². The molecule has 4 aromatic rings. The number of hydrogen-bond acceptors (Lipinski definition) is 5. The van der Waals surface area contributed by atoms with Gasteiger partial charge in [-0.1, -0.05) is 24.3 Å². The monoisotopic (exact) mass is 401 g/mol. The molecule has 1 atom stereocenters. The third-order valence-electron chi connectivity index (χ3n) is 5.66. The van der Waals surface area contributed by atoms with Crippen LogP contribution in [0.15, 0.2) is 36.5 Å². The first-order valence-corrected chi connectivity index (χ1v) is 10.2. The van der Waals surface area contributed by atoms with E-state index in [4.69, 9.17) is 0 Å². The number of nitrogens with one attached hydrogen (secondary N) is 1. The van der Waals surface area contributed by atoms with Gasteiger partial charge in [0.2, 0.25) is 5.82 Å². The largest absolute Gasteiger partial charge is 0.304 e. The van der Waals surface area contributed by atoms with Crippen molar-refractivity contribution in [2.24, 2.45) is 0 Å². The van der Waals surface area contributed by atoms with E-state index in [1.54, 1.807) is 10.7 Å². The van der Waals surface area contributed by atoms with Crippen LogP contribution >= 0.6 is 0 Å². The van der Waals surface area contributed by atoms with E-state index in [-0.39, 0.29) is 17.8 Å². The highest BCUT2D eigenvalue weighted by Crippen LogP contribution is 2.35. The minimum atomic E-state index is -0.369. The van der Waals surface area contributed by atoms with Crippen LogP contribution in [0.3, 0.4) is 0 Å². The first-order chi connectivity index (χ1) is 14.5. The van der Waals surface area contributed by atoms with Crippen molar-refractivity contribution >= 4 is 17.5 Å². The fourth-order valence-corrected chi connectivity index (χ4v) is 4.25. The summed E-state index contributed by atoms with van der Waals surface area (Å²) in [7, 11) is 0. The zero-order chi connectivity index (χ0) is 20.8. The van der Waals surface area contributed by atoms with E-state index in [1.807, 2.05) is 31.5 Å². The lowest BCUT2D eigenvalue weighted by atomic mass is 9.88. The second-order valence-corrected chi connectivity index (χ2v) is 7.87. The maximum atomic E-state index is 13.0. The molecule has 152 valence electrons. The SMILES string of the molecule is Cc1cc(C)n2nc(C(=O)Nc3c(C)cnn3C3CCCc4ccccc43)nc2n1. The van der Waals surface area contributed by atoms with Crippen LogP contribution in [-0.2, 0) is 6.42 Å². The molecule has 0 radical (unpaired) electrons. The molecular formula is C22H23N7O. The van der Waals surface area contributed by atoms with Gasteiger partial charge in [0, 0.05) is 17.0 Å². The molecule has 1 aromatic carbocycles. The Bertz CT molecular complexity index is 1270. The lowest BCUT2D eigenvalue weighted by Crippen LogP contribution is -2.23. The molecule has 8 nitrogen and oxygen atoms in total. The van der Waals surface area contributed by atoms with Crippen molar-refractivity contribution in [1.82, 2.24) is 29.4 Å². The maximum Gasteiger partial charge on any atom is 0.296 e. The summed E-state index contributed by atoms with van der Waals surface area (Å²) in [6.45, 7) is 5.75. The van der Waals surface area contributed by atoms with Gasteiger partial charge in [-0.15, -0.1) is 5.10 Å². The van der Waals surface area contributed by atoms with Gasteiger partial charge >= 0.3 is 0 Å². The van der Waals surface area contributed by atoms with Gasteiger partial charge in [-0.05, 0) is 57.2 Å². The van der Waals surface area contributed by atoms with Crippen LogP contribution in [0, 0.1) is 20.8 Å². The standard InChI is InChI=1S/C22H23N7O/c1-13-12-23-29(18-10-6-8-16-7-4-5-9-17(16)18)20(13)26-21(30)19-25-22-24-14(2)11-15(3)28(22)27-19/h4-5,7,9,11-12,18H,6,8,10H2,1-3H3,(H,26,30). The van der Waals surface area contributed by atoms with Crippen molar-refractivity contribution in [2.75, 3.05) is 5.32 Å². The van der Waals surface area contributed by atoms with Crippen LogP contribution in [0.4, 0.5) is 5.82 Å². The lowest BCUT2D eigenvalue weighted by Gasteiger charge is -2.27. The van der Waals surface area contributed by atoms with Crippen molar-refractivity contribution in [1.29, 1.82) is 0 Å². The Labute approximate surface area is 174 Å². The van der Waals surface area contributed by atoms with Crippen LogP contribution in [-0.4, -0.2) is 35.3 Å². The number of nitrogens with zero attached hydrogens (tertiary/aromatic N) is 6. The summed E-state index contributed by atoms with van der Waals surface area (Å²) in [4.78, 5) is 21.7. The molecule has 0 saturated heterocycles. The van der Waals surface area contributed by atoms with Gasteiger partial charge in [-0.2, -0.15) is 10.1 Å². The predicted octanol–water partition coefficient (Wildman–Crippen LogP) is 3.42. The fraction of sp³-hybridized carbons (Fsp3) is 0.318. The average molecular weight is 401 g/mol. The van der Waals surface area contributed by atoms with Crippen molar-refractivity contribution in [3.63, 3.8) is 0 Å². The number of aryl methyl sites for hydroxylation is 4. The molecule has 1 aliphatic rings. The summed E-state index contributed by atoms with van der Waals surface area (Å²) in [5.41, 5.74) is 5.23. The Hall–Kier alpha value is -3.55. The van der Waals surface area contributed by atoms with Crippen molar-refractivity contribution < 1.29 is 4.79 Å². The molecule has 0 aliphatic heterocycles. The van der Waals surface area contributed by atoms with Crippen LogP contribution < -0.4 is 5.32 Å². The maximum absolute atomic E-state index is 13.0. The first-order valence-electron chi connectivity index (χ1n) is 10.2. The van der Waals surface area contributed by atoms with Gasteiger partial charge < -0.3 is 5.32 Å². The quantitative estimate of drug-likeness (QED) is 0.568. The molecule has 0 spiro atoms. The van der Waals surface area contributed by atoms with Gasteiger partial charge in [0.25, 0.3) is 11.7 Å². The molecule has 3 heterocycles. The summed E-state index contributed by atoms with van der Waals surface area (Å²) in [6, 6.07) is 10.5. The molecule has 5 rings (SSSR count). The second kappa shape index (κ2) is 7.05. The third kappa shape index (κ3) is 3.04. The molecule has 1 aliphatic carbocycles. The van der Waals surface area contributed by atoms with Crippen molar-refractivity contribution in [3.05, 3.63) is 70.4 Å². The molecule has 3 aromatic heterocycles. The Kier molecular flexibility index (Phi) is 4.34. The van der Waals surface area contributed by atoms with Gasteiger partial charge in [0.05, 0.1) is 12.2 Å².